The maximum Gasteiger partial charge on any atom is 0.341 e. The summed E-state index contributed by atoms with van der Waals surface area (Å²) < 4.78 is 37.2. The molecule has 0 saturated heterocycles. The molecule has 33 heavy (non-hydrogen) atoms. The average Bonchev–Trinajstić information content (AvgIpc) is 3.40. The zero-order valence-corrected chi connectivity index (χ0v) is 20.0. The number of carbonyl (C=O) groups is 2. The van der Waals surface area contributed by atoms with E-state index in [2.05, 4.69) is 5.32 Å². The number of anilines is 1. The minimum absolute atomic E-state index is 0.131. The summed E-state index contributed by atoms with van der Waals surface area (Å²) >= 11 is 1.23. The molecule has 10 heteroatoms. The molecule has 0 aliphatic heterocycles. The molecular formula is C23H24N2O6S2. The predicted octanol–water partition coefficient (Wildman–Crippen LogP) is 4.19. The summed E-state index contributed by atoms with van der Waals surface area (Å²) in [5, 5.41) is 4.03. The third-order valence-corrected chi connectivity index (χ3v) is 7.43. The number of amides is 1. The first kappa shape index (κ1) is 24.4. The zero-order valence-electron chi connectivity index (χ0n) is 18.4. The molecule has 0 atom stereocenters. The lowest BCUT2D eigenvalue weighted by Crippen LogP contribution is -2.36. The molecule has 3 rings (SSSR count). The van der Waals surface area contributed by atoms with Gasteiger partial charge < -0.3 is 14.5 Å². The van der Waals surface area contributed by atoms with Gasteiger partial charge in [0.2, 0.25) is 15.9 Å². The van der Waals surface area contributed by atoms with E-state index in [4.69, 9.17) is 9.15 Å². The Hall–Kier alpha value is -3.21. The van der Waals surface area contributed by atoms with Gasteiger partial charge in [0.05, 0.1) is 32.0 Å². The van der Waals surface area contributed by atoms with Crippen molar-refractivity contribution in [3.8, 4) is 0 Å². The molecule has 0 unspecified atom stereocenters. The largest absolute Gasteiger partial charge is 0.468 e. The lowest BCUT2D eigenvalue weighted by Gasteiger charge is -2.19. The molecule has 0 saturated carbocycles. The Morgan fingerprint density at radius 1 is 1.15 bits per heavy atom. The second-order valence-corrected chi connectivity index (χ2v) is 10.2. The number of furan rings is 1. The van der Waals surface area contributed by atoms with Gasteiger partial charge in [-0.05, 0) is 43.2 Å². The Balaban J connectivity index is 1.84. The van der Waals surface area contributed by atoms with Gasteiger partial charge in [0.15, 0.2) is 0 Å². The van der Waals surface area contributed by atoms with Crippen molar-refractivity contribution in [1.82, 2.24) is 4.31 Å². The molecule has 1 aromatic carbocycles. The van der Waals surface area contributed by atoms with Crippen molar-refractivity contribution in [3.05, 3.63) is 81.5 Å². The molecule has 1 amide bonds. The highest BCUT2D eigenvalue weighted by molar-refractivity contribution is 7.92. The van der Waals surface area contributed by atoms with Crippen molar-refractivity contribution in [3.63, 3.8) is 0 Å². The van der Waals surface area contributed by atoms with Crippen molar-refractivity contribution in [2.24, 2.45) is 0 Å². The van der Waals surface area contributed by atoms with Gasteiger partial charge in [0.25, 0.3) is 0 Å². The first-order valence-electron chi connectivity index (χ1n) is 9.95. The lowest BCUT2D eigenvalue weighted by atomic mass is 10.1. The molecule has 0 aliphatic rings. The van der Waals surface area contributed by atoms with Gasteiger partial charge in [-0.1, -0.05) is 30.3 Å². The summed E-state index contributed by atoms with van der Waals surface area (Å²) in [6.07, 6.45) is 2.89. The van der Waals surface area contributed by atoms with Crippen LogP contribution < -0.4 is 5.32 Å². The lowest BCUT2D eigenvalue weighted by molar-refractivity contribution is -0.116. The van der Waals surface area contributed by atoms with Crippen molar-refractivity contribution in [2.75, 3.05) is 19.0 Å². The molecule has 174 valence electrons. The minimum Gasteiger partial charge on any atom is -0.468 e. The van der Waals surface area contributed by atoms with Gasteiger partial charge in [-0.15, -0.1) is 11.3 Å². The van der Waals surface area contributed by atoms with Crippen LogP contribution in [0, 0.1) is 13.8 Å². The molecule has 0 aliphatic carbocycles. The van der Waals surface area contributed by atoms with E-state index in [-0.39, 0.29) is 12.1 Å². The number of thiophene rings is 1. The fraction of sp³-hybridized carbons (Fsp3) is 0.217. The predicted molar refractivity (Wildman–Crippen MR) is 127 cm³/mol. The molecule has 0 spiro atoms. The monoisotopic (exact) mass is 488 g/mol. The van der Waals surface area contributed by atoms with Gasteiger partial charge in [0.1, 0.15) is 10.8 Å². The second-order valence-electron chi connectivity index (χ2n) is 7.13. The van der Waals surface area contributed by atoms with E-state index in [0.717, 1.165) is 14.6 Å². The topological polar surface area (TPSA) is 106 Å². The number of nitrogens with zero attached hydrogens (tertiary/aromatic N) is 1. The summed E-state index contributed by atoms with van der Waals surface area (Å²) in [5.41, 5.74) is 1.67. The van der Waals surface area contributed by atoms with Crippen LogP contribution in [-0.2, 0) is 26.1 Å². The summed E-state index contributed by atoms with van der Waals surface area (Å²) in [6.45, 7) is 2.98. The first-order valence-corrected chi connectivity index (χ1v) is 12.3. The summed E-state index contributed by atoms with van der Waals surface area (Å²) in [4.78, 5) is 25.9. The van der Waals surface area contributed by atoms with Crippen molar-refractivity contribution in [2.45, 2.75) is 20.4 Å². The molecule has 1 N–H and O–H groups in total. The van der Waals surface area contributed by atoms with Gasteiger partial charge in [0, 0.05) is 10.3 Å². The third kappa shape index (κ3) is 6.19. The number of benzene rings is 1. The zero-order chi connectivity index (χ0) is 24.0. The van der Waals surface area contributed by atoms with Crippen LogP contribution in [0.15, 0.2) is 58.6 Å². The van der Waals surface area contributed by atoms with E-state index in [1.165, 1.54) is 30.8 Å². The van der Waals surface area contributed by atoms with Crippen LogP contribution in [0.2, 0.25) is 0 Å². The highest BCUT2D eigenvalue weighted by Gasteiger charge is 2.26. The van der Waals surface area contributed by atoms with Crippen LogP contribution >= 0.6 is 11.3 Å². The molecule has 8 nitrogen and oxygen atoms in total. The highest BCUT2D eigenvalue weighted by Crippen LogP contribution is 2.33. The summed E-state index contributed by atoms with van der Waals surface area (Å²) in [6, 6.07) is 12.2. The molecular weight excluding hydrogens is 464 g/mol. The van der Waals surface area contributed by atoms with Gasteiger partial charge in [-0.25, -0.2) is 13.2 Å². The van der Waals surface area contributed by atoms with Gasteiger partial charge in [-0.2, -0.15) is 4.31 Å². The van der Waals surface area contributed by atoms with E-state index in [1.807, 2.05) is 13.0 Å². The molecule has 2 aromatic heterocycles. The van der Waals surface area contributed by atoms with Crippen molar-refractivity contribution < 1.29 is 27.2 Å². The Morgan fingerprint density at radius 2 is 1.88 bits per heavy atom. The standard InChI is InChI=1S/C23H24N2O6S2/c1-16-17(2)32-22(21(16)23(27)30-3)24-20(26)15-25(14-19-10-7-12-31-19)33(28,29)13-11-18-8-5-4-6-9-18/h4-13H,14-15H2,1-3H3,(H,24,26). The van der Waals surface area contributed by atoms with E-state index in [1.54, 1.807) is 43.3 Å². The Morgan fingerprint density at radius 3 is 2.52 bits per heavy atom. The number of nitrogens with one attached hydrogen (secondary N) is 1. The number of esters is 1. The molecule has 3 aromatic rings. The van der Waals surface area contributed by atoms with E-state index in [0.29, 0.717) is 21.9 Å². The van der Waals surface area contributed by atoms with E-state index in [9.17, 15) is 18.0 Å². The fourth-order valence-electron chi connectivity index (χ4n) is 3.02. The molecule has 2 heterocycles. The minimum atomic E-state index is -3.97. The Bertz CT molecular complexity index is 1250. The Kier molecular flexibility index (Phi) is 7.85. The number of hydrogen-bond acceptors (Lipinski definition) is 7. The number of carbonyl (C=O) groups excluding carboxylic acids is 2. The third-order valence-electron chi connectivity index (χ3n) is 4.85. The van der Waals surface area contributed by atoms with Crippen molar-refractivity contribution >= 4 is 44.3 Å². The maximum absolute atomic E-state index is 13.0. The summed E-state index contributed by atoms with van der Waals surface area (Å²) in [7, 11) is -2.71. The average molecular weight is 489 g/mol. The van der Waals surface area contributed by atoms with Crippen molar-refractivity contribution in [1.29, 1.82) is 0 Å². The van der Waals surface area contributed by atoms with Gasteiger partial charge >= 0.3 is 5.97 Å². The van der Waals surface area contributed by atoms with E-state index < -0.39 is 28.4 Å². The first-order chi connectivity index (χ1) is 15.7. The number of ether oxygens (including phenoxy) is 1. The van der Waals surface area contributed by atoms with E-state index >= 15 is 0 Å². The fourth-order valence-corrected chi connectivity index (χ4v) is 5.19. The molecule has 0 bridgehead atoms. The maximum atomic E-state index is 13.0. The number of hydrogen-bond donors (Lipinski definition) is 1. The summed E-state index contributed by atoms with van der Waals surface area (Å²) in [5.74, 6) is -0.778. The number of aryl methyl sites for hydroxylation is 1. The van der Waals surface area contributed by atoms with Gasteiger partial charge in [-0.3, -0.25) is 4.79 Å². The number of rotatable bonds is 9. The van der Waals surface area contributed by atoms with Crippen LogP contribution in [-0.4, -0.2) is 38.3 Å². The number of methoxy groups -OCH3 is 1. The smallest absolute Gasteiger partial charge is 0.341 e. The van der Waals surface area contributed by atoms with Crippen LogP contribution in [0.5, 0.6) is 0 Å². The Labute approximate surface area is 196 Å². The SMILES string of the molecule is COC(=O)c1c(NC(=O)CN(Cc2ccco2)S(=O)(=O)C=Cc2ccccc2)sc(C)c1C. The van der Waals surface area contributed by atoms with Crippen LogP contribution in [0.25, 0.3) is 6.08 Å². The molecule has 0 radical (unpaired) electrons. The number of sulfonamides is 1. The normalized spacial score (nSPS) is 11.8. The molecule has 0 fully saturated rings. The van der Waals surface area contributed by atoms with Crippen LogP contribution in [0.1, 0.15) is 32.1 Å². The van der Waals surface area contributed by atoms with Crippen LogP contribution in [0.3, 0.4) is 0 Å². The van der Waals surface area contributed by atoms with Crippen LogP contribution in [0.4, 0.5) is 5.00 Å². The second kappa shape index (κ2) is 10.6. The highest BCUT2D eigenvalue weighted by atomic mass is 32.2. The quantitative estimate of drug-likeness (QED) is 0.453.